The number of nitrogens with one attached hydrogen (secondary N) is 1. The predicted molar refractivity (Wildman–Crippen MR) is 91.7 cm³/mol. The number of nitrogens with zero attached hydrogens (tertiary/aromatic N) is 3. The Morgan fingerprint density at radius 3 is 2.73 bits per heavy atom. The number of carbonyl (C=O) groups excluding carboxylic acids is 1. The Balaban J connectivity index is 1.73. The van der Waals surface area contributed by atoms with Crippen molar-refractivity contribution in [3.63, 3.8) is 0 Å². The standard InChI is InChI=1S/C17H17FN4O4/c1-10(2)25-9-26-17(24)19-12-4-6-15(16(23)8-12)22-20-13-5-3-11(18)7-14(13)21-22/h3-8,10,23H,9H2,1-2H3,(H,19,24). The number of rotatable bonds is 5. The van der Waals surface area contributed by atoms with Gasteiger partial charge >= 0.3 is 6.09 Å². The van der Waals surface area contributed by atoms with E-state index >= 15 is 0 Å². The summed E-state index contributed by atoms with van der Waals surface area (Å²) < 4.78 is 23.2. The molecule has 1 aromatic heterocycles. The fraction of sp³-hybridized carbons (Fsp3) is 0.235. The summed E-state index contributed by atoms with van der Waals surface area (Å²) in [7, 11) is 0. The highest BCUT2D eigenvalue weighted by Crippen LogP contribution is 2.25. The number of phenolic OH excluding ortho intramolecular Hbond substituents is 1. The van der Waals surface area contributed by atoms with E-state index in [2.05, 4.69) is 15.5 Å². The van der Waals surface area contributed by atoms with Gasteiger partial charge in [0.1, 0.15) is 28.3 Å². The molecule has 0 radical (unpaired) electrons. The van der Waals surface area contributed by atoms with Crippen molar-refractivity contribution in [1.29, 1.82) is 0 Å². The van der Waals surface area contributed by atoms with Gasteiger partial charge in [0.25, 0.3) is 0 Å². The lowest BCUT2D eigenvalue weighted by atomic mass is 10.2. The summed E-state index contributed by atoms with van der Waals surface area (Å²) in [6.45, 7) is 3.46. The van der Waals surface area contributed by atoms with E-state index in [9.17, 15) is 14.3 Å². The van der Waals surface area contributed by atoms with Crippen molar-refractivity contribution in [2.24, 2.45) is 0 Å². The zero-order valence-electron chi connectivity index (χ0n) is 14.1. The molecule has 8 nitrogen and oxygen atoms in total. The van der Waals surface area contributed by atoms with Crippen LogP contribution >= 0.6 is 0 Å². The molecule has 0 bridgehead atoms. The highest BCUT2D eigenvalue weighted by molar-refractivity contribution is 5.85. The maximum absolute atomic E-state index is 13.2. The average Bonchev–Trinajstić information content (AvgIpc) is 2.97. The number of fused-ring (bicyclic) bond motifs is 1. The number of aromatic hydroxyl groups is 1. The zero-order valence-corrected chi connectivity index (χ0v) is 14.1. The molecule has 26 heavy (non-hydrogen) atoms. The SMILES string of the molecule is CC(C)OCOC(=O)Nc1ccc(-n2nc3ccc(F)cc3n2)c(O)c1. The number of hydrogen-bond acceptors (Lipinski definition) is 6. The molecule has 136 valence electrons. The van der Waals surface area contributed by atoms with Crippen molar-refractivity contribution in [3.05, 3.63) is 42.2 Å². The third-order valence-electron chi connectivity index (χ3n) is 3.37. The number of amides is 1. The predicted octanol–water partition coefficient (Wildman–Crippen LogP) is 3.20. The van der Waals surface area contributed by atoms with Crippen LogP contribution in [0.5, 0.6) is 5.75 Å². The third kappa shape index (κ3) is 4.06. The van der Waals surface area contributed by atoms with Gasteiger partial charge in [-0.15, -0.1) is 15.0 Å². The summed E-state index contributed by atoms with van der Waals surface area (Å²) in [6, 6.07) is 8.42. The topological polar surface area (TPSA) is 98.5 Å². The number of aromatic nitrogens is 3. The molecule has 0 aliphatic rings. The lowest BCUT2D eigenvalue weighted by molar-refractivity contribution is -0.0397. The molecule has 2 N–H and O–H groups in total. The summed E-state index contributed by atoms with van der Waals surface area (Å²) in [5.41, 5.74) is 1.45. The summed E-state index contributed by atoms with van der Waals surface area (Å²) in [5, 5.41) is 21.0. The van der Waals surface area contributed by atoms with Crippen molar-refractivity contribution in [1.82, 2.24) is 15.0 Å². The van der Waals surface area contributed by atoms with Crippen LogP contribution in [0.2, 0.25) is 0 Å². The van der Waals surface area contributed by atoms with Crippen LogP contribution in [0.3, 0.4) is 0 Å². The molecule has 9 heteroatoms. The number of carbonyl (C=O) groups is 1. The molecule has 0 saturated carbocycles. The molecule has 1 heterocycles. The number of phenols is 1. The molecular weight excluding hydrogens is 343 g/mol. The molecule has 0 atom stereocenters. The van der Waals surface area contributed by atoms with Crippen LogP contribution in [0.25, 0.3) is 16.7 Å². The van der Waals surface area contributed by atoms with Crippen LogP contribution in [-0.4, -0.2) is 39.1 Å². The maximum atomic E-state index is 13.2. The fourth-order valence-electron chi connectivity index (χ4n) is 2.14. The van der Waals surface area contributed by atoms with Gasteiger partial charge in [-0.3, -0.25) is 5.32 Å². The molecule has 0 aliphatic heterocycles. The van der Waals surface area contributed by atoms with Gasteiger partial charge in [-0.25, -0.2) is 9.18 Å². The number of hydrogen-bond donors (Lipinski definition) is 2. The second kappa shape index (κ2) is 7.36. The zero-order chi connectivity index (χ0) is 18.7. The molecule has 1 amide bonds. The Kier molecular flexibility index (Phi) is 4.99. The molecule has 3 aromatic rings. The van der Waals surface area contributed by atoms with Gasteiger partial charge in [-0.05, 0) is 38.1 Å². The van der Waals surface area contributed by atoms with Crippen molar-refractivity contribution in [3.8, 4) is 11.4 Å². The van der Waals surface area contributed by atoms with Crippen LogP contribution in [0, 0.1) is 5.82 Å². The second-order valence-electron chi connectivity index (χ2n) is 5.72. The van der Waals surface area contributed by atoms with Gasteiger partial charge in [0.15, 0.2) is 6.79 Å². The Hall–Kier alpha value is -3.20. The molecule has 0 aliphatic carbocycles. The normalized spacial score (nSPS) is 11.1. The number of benzene rings is 2. The van der Waals surface area contributed by atoms with E-state index in [-0.39, 0.29) is 24.3 Å². The van der Waals surface area contributed by atoms with Gasteiger partial charge in [-0.1, -0.05) is 0 Å². The minimum Gasteiger partial charge on any atom is -0.506 e. The van der Waals surface area contributed by atoms with Gasteiger partial charge in [-0.2, -0.15) is 0 Å². The largest absolute Gasteiger partial charge is 0.506 e. The van der Waals surface area contributed by atoms with Gasteiger partial charge in [0.2, 0.25) is 0 Å². The minimum atomic E-state index is -0.712. The van der Waals surface area contributed by atoms with Crippen LogP contribution in [0.15, 0.2) is 36.4 Å². The quantitative estimate of drug-likeness (QED) is 0.678. The first-order valence-corrected chi connectivity index (χ1v) is 7.84. The van der Waals surface area contributed by atoms with E-state index in [0.29, 0.717) is 16.7 Å². The molecule has 0 spiro atoms. The van der Waals surface area contributed by atoms with Crippen molar-refractivity contribution < 1.29 is 23.8 Å². The van der Waals surface area contributed by atoms with E-state index in [4.69, 9.17) is 9.47 Å². The molecule has 0 fully saturated rings. The fourth-order valence-corrected chi connectivity index (χ4v) is 2.14. The van der Waals surface area contributed by atoms with Crippen LogP contribution in [0.1, 0.15) is 13.8 Å². The second-order valence-corrected chi connectivity index (χ2v) is 5.72. The van der Waals surface area contributed by atoms with E-state index < -0.39 is 11.9 Å². The van der Waals surface area contributed by atoms with E-state index in [1.54, 1.807) is 6.07 Å². The lowest BCUT2D eigenvalue weighted by Crippen LogP contribution is -2.17. The molecular formula is C17H17FN4O4. The molecule has 0 saturated heterocycles. The Bertz CT molecular complexity index is 942. The Morgan fingerprint density at radius 1 is 1.23 bits per heavy atom. The highest BCUT2D eigenvalue weighted by Gasteiger charge is 2.12. The summed E-state index contributed by atoms with van der Waals surface area (Å²) >= 11 is 0. The third-order valence-corrected chi connectivity index (χ3v) is 3.37. The van der Waals surface area contributed by atoms with E-state index in [0.717, 1.165) is 0 Å². The van der Waals surface area contributed by atoms with Gasteiger partial charge < -0.3 is 14.6 Å². The molecule has 2 aromatic carbocycles. The van der Waals surface area contributed by atoms with Crippen LogP contribution in [0.4, 0.5) is 14.9 Å². The van der Waals surface area contributed by atoms with E-state index in [1.165, 1.54) is 35.1 Å². The smallest absolute Gasteiger partial charge is 0.413 e. The number of anilines is 1. The Morgan fingerprint density at radius 2 is 2.00 bits per heavy atom. The first-order valence-electron chi connectivity index (χ1n) is 7.84. The van der Waals surface area contributed by atoms with E-state index in [1.807, 2.05) is 13.8 Å². The first kappa shape index (κ1) is 17.6. The van der Waals surface area contributed by atoms with Crippen molar-refractivity contribution in [2.75, 3.05) is 12.1 Å². The molecule has 3 rings (SSSR count). The van der Waals surface area contributed by atoms with Crippen molar-refractivity contribution >= 4 is 22.8 Å². The van der Waals surface area contributed by atoms with Crippen LogP contribution in [-0.2, 0) is 9.47 Å². The summed E-state index contributed by atoms with van der Waals surface area (Å²) in [6.07, 6.45) is -0.770. The highest BCUT2D eigenvalue weighted by atomic mass is 19.1. The average molecular weight is 360 g/mol. The number of ether oxygens (including phenoxy) is 2. The Labute approximate surface area is 148 Å². The first-order chi connectivity index (χ1) is 12.4. The lowest BCUT2D eigenvalue weighted by Gasteiger charge is -2.10. The van der Waals surface area contributed by atoms with Crippen LogP contribution < -0.4 is 5.32 Å². The van der Waals surface area contributed by atoms with Gasteiger partial charge in [0.05, 0.1) is 6.10 Å². The monoisotopic (exact) mass is 360 g/mol. The summed E-state index contributed by atoms with van der Waals surface area (Å²) in [4.78, 5) is 12.8. The minimum absolute atomic E-state index is 0.0586. The van der Waals surface area contributed by atoms with Crippen molar-refractivity contribution in [2.45, 2.75) is 20.0 Å². The summed E-state index contributed by atoms with van der Waals surface area (Å²) in [5.74, 6) is -0.588. The molecule has 0 unspecified atom stereocenters. The number of halogens is 1. The van der Waals surface area contributed by atoms with Gasteiger partial charge in [0, 0.05) is 17.8 Å². The maximum Gasteiger partial charge on any atom is 0.413 e.